The lowest BCUT2D eigenvalue weighted by molar-refractivity contribution is 0.473. The van der Waals surface area contributed by atoms with Crippen LogP contribution in [0.15, 0.2) is 35.3 Å². The minimum Gasteiger partial charge on any atom is -0.507 e. The number of benzene rings is 2. The molecule has 1 N–H and O–H groups in total. The van der Waals surface area contributed by atoms with Crippen molar-refractivity contribution in [1.82, 2.24) is 0 Å². The summed E-state index contributed by atoms with van der Waals surface area (Å²) in [5.41, 5.74) is 8.15. The number of para-hydroxylation sites is 1. The van der Waals surface area contributed by atoms with Crippen molar-refractivity contribution in [2.45, 2.75) is 65.7 Å². The van der Waals surface area contributed by atoms with Crippen molar-refractivity contribution < 1.29 is 5.11 Å². The van der Waals surface area contributed by atoms with Crippen LogP contribution in [0.25, 0.3) is 0 Å². The molecule has 0 radical (unpaired) electrons. The van der Waals surface area contributed by atoms with Gasteiger partial charge in [-0.3, -0.25) is 4.99 Å². The van der Waals surface area contributed by atoms with E-state index in [4.69, 9.17) is 4.99 Å². The summed E-state index contributed by atoms with van der Waals surface area (Å²) in [7, 11) is 0. The number of aromatic hydroxyl groups is 1. The van der Waals surface area contributed by atoms with Crippen LogP contribution >= 0.6 is 0 Å². The summed E-state index contributed by atoms with van der Waals surface area (Å²) >= 11 is 0. The topological polar surface area (TPSA) is 32.6 Å². The highest BCUT2D eigenvalue weighted by Crippen LogP contribution is 2.43. The van der Waals surface area contributed by atoms with Crippen LogP contribution in [0.5, 0.6) is 5.75 Å². The third-order valence-corrected chi connectivity index (χ3v) is 5.31. The molecule has 0 aromatic heterocycles. The molecule has 0 bridgehead atoms. The van der Waals surface area contributed by atoms with Crippen LogP contribution in [0.1, 0.15) is 86.6 Å². The van der Waals surface area contributed by atoms with Crippen LogP contribution in [0.2, 0.25) is 0 Å². The standard InChI is InChI=1S/C23H29NO/c1-13(2)17-8-7-9-18(14(3)4)23(17)24-19-12-16(6)21-15(5)10-11-20(25)22(19)21/h7-11,13-14,16,25H,12H2,1-6H3. The number of aryl methyl sites for hydroxylation is 1. The number of phenols is 1. The van der Waals surface area contributed by atoms with E-state index < -0.39 is 0 Å². The zero-order valence-corrected chi connectivity index (χ0v) is 16.2. The molecule has 25 heavy (non-hydrogen) atoms. The van der Waals surface area contributed by atoms with Crippen LogP contribution in [0, 0.1) is 6.92 Å². The van der Waals surface area contributed by atoms with Crippen LogP contribution in [0.3, 0.4) is 0 Å². The number of hydrogen-bond acceptors (Lipinski definition) is 2. The fourth-order valence-electron chi connectivity index (χ4n) is 4.02. The summed E-state index contributed by atoms with van der Waals surface area (Å²) in [5.74, 6) is 1.59. The van der Waals surface area contributed by atoms with E-state index in [-0.39, 0.29) is 0 Å². The lowest BCUT2D eigenvalue weighted by Gasteiger charge is -2.17. The van der Waals surface area contributed by atoms with E-state index in [1.807, 2.05) is 6.07 Å². The Kier molecular flexibility index (Phi) is 4.73. The fraction of sp³-hybridized carbons (Fsp3) is 0.435. The van der Waals surface area contributed by atoms with Gasteiger partial charge in [0, 0.05) is 5.56 Å². The largest absolute Gasteiger partial charge is 0.507 e. The van der Waals surface area contributed by atoms with Gasteiger partial charge in [-0.2, -0.15) is 0 Å². The Hall–Kier alpha value is -2.09. The highest BCUT2D eigenvalue weighted by atomic mass is 16.3. The molecule has 1 aliphatic carbocycles. The van der Waals surface area contributed by atoms with Crippen molar-refractivity contribution in [3.8, 4) is 5.75 Å². The summed E-state index contributed by atoms with van der Waals surface area (Å²) in [6.45, 7) is 13.2. The molecule has 3 rings (SSSR count). The predicted octanol–water partition coefficient (Wildman–Crippen LogP) is 6.58. The number of rotatable bonds is 3. The van der Waals surface area contributed by atoms with Gasteiger partial charge in [0.2, 0.25) is 0 Å². The maximum Gasteiger partial charge on any atom is 0.124 e. The summed E-state index contributed by atoms with van der Waals surface area (Å²) in [6.07, 6.45) is 0.887. The summed E-state index contributed by atoms with van der Waals surface area (Å²) < 4.78 is 0. The van der Waals surface area contributed by atoms with Gasteiger partial charge in [-0.05, 0) is 59.4 Å². The Bertz CT molecular complexity index is 804. The third kappa shape index (κ3) is 3.10. The van der Waals surface area contributed by atoms with Crippen molar-refractivity contribution >= 4 is 11.4 Å². The van der Waals surface area contributed by atoms with E-state index in [0.29, 0.717) is 23.5 Å². The maximum atomic E-state index is 10.5. The first-order valence-electron chi connectivity index (χ1n) is 9.34. The molecule has 0 saturated heterocycles. The van der Waals surface area contributed by atoms with E-state index in [1.165, 1.54) is 22.3 Å². The van der Waals surface area contributed by atoms with E-state index in [9.17, 15) is 5.11 Å². The van der Waals surface area contributed by atoms with E-state index in [2.05, 4.69) is 59.7 Å². The molecular weight excluding hydrogens is 306 g/mol. The number of nitrogens with zero attached hydrogens (tertiary/aromatic N) is 1. The molecule has 2 nitrogen and oxygen atoms in total. The highest BCUT2D eigenvalue weighted by Gasteiger charge is 2.29. The van der Waals surface area contributed by atoms with E-state index in [1.54, 1.807) is 6.07 Å². The number of hydrogen-bond donors (Lipinski definition) is 1. The Labute approximate surface area is 151 Å². The molecular formula is C23H29NO. The summed E-state index contributed by atoms with van der Waals surface area (Å²) in [4.78, 5) is 5.15. The van der Waals surface area contributed by atoms with E-state index in [0.717, 1.165) is 23.4 Å². The molecule has 2 heteroatoms. The van der Waals surface area contributed by atoms with Gasteiger partial charge in [-0.1, -0.05) is 58.9 Å². The molecule has 0 heterocycles. The SMILES string of the molecule is Cc1ccc(O)c2c1C(C)CC2=Nc1c(C(C)C)cccc1C(C)C. The van der Waals surface area contributed by atoms with Crippen LogP contribution in [-0.2, 0) is 0 Å². The molecule has 0 fully saturated rings. The minimum atomic E-state index is 0.358. The Balaban J connectivity index is 2.24. The second-order valence-electron chi connectivity index (χ2n) is 7.95. The van der Waals surface area contributed by atoms with Gasteiger partial charge in [0.15, 0.2) is 0 Å². The lowest BCUT2D eigenvalue weighted by atomic mass is 9.92. The van der Waals surface area contributed by atoms with Crippen molar-refractivity contribution in [2.75, 3.05) is 0 Å². The molecule has 0 amide bonds. The molecule has 1 atom stereocenters. The predicted molar refractivity (Wildman–Crippen MR) is 107 cm³/mol. The van der Waals surface area contributed by atoms with Gasteiger partial charge < -0.3 is 5.11 Å². The zero-order valence-electron chi connectivity index (χ0n) is 16.2. The van der Waals surface area contributed by atoms with Gasteiger partial charge in [-0.15, -0.1) is 0 Å². The summed E-state index contributed by atoms with van der Waals surface area (Å²) in [5, 5.41) is 10.5. The van der Waals surface area contributed by atoms with Gasteiger partial charge in [0.1, 0.15) is 5.75 Å². The monoisotopic (exact) mass is 335 g/mol. The first kappa shape index (κ1) is 17.7. The Morgan fingerprint density at radius 3 is 2.16 bits per heavy atom. The molecule has 2 aromatic carbocycles. The van der Waals surface area contributed by atoms with Gasteiger partial charge >= 0.3 is 0 Å². The smallest absolute Gasteiger partial charge is 0.124 e. The van der Waals surface area contributed by atoms with Gasteiger partial charge in [0.05, 0.1) is 11.4 Å². The van der Waals surface area contributed by atoms with Crippen molar-refractivity contribution in [3.63, 3.8) is 0 Å². The van der Waals surface area contributed by atoms with Gasteiger partial charge in [0.25, 0.3) is 0 Å². The van der Waals surface area contributed by atoms with Crippen molar-refractivity contribution in [2.24, 2.45) is 4.99 Å². The lowest BCUT2D eigenvalue weighted by Crippen LogP contribution is -2.00. The molecule has 132 valence electrons. The van der Waals surface area contributed by atoms with Crippen LogP contribution in [0.4, 0.5) is 5.69 Å². The zero-order chi connectivity index (χ0) is 18.3. The molecule has 0 saturated carbocycles. The Morgan fingerprint density at radius 2 is 1.60 bits per heavy atom. The van der Waals surface area contributed by atoms with E-state index >= 15 is 0 Å². The first-order valence-corrected chi connectivity index (χ1v) is 9.34. The molecule has 0 aliphatic heterocycles. The second kappa shape index (κ2) is 6.67. The quantitative estimate of drug-likeness (QED) is 0.675. The molecule has 1 unspecified atom stereocenters. The molecule has 1 aliphatic rings. The summed E-state index contributed by atoms with van der Waals surface area (Å²) in [6, 6.07) is 10.3. The average molecular weight is 335 g/mol. The second-order valence-corrected chi connectivity index (χ2v) is 7.95. The van der Waals surface area contributed by atoms with Gasteiger partial charge in [-0.25, -0.2) is 0 Å². The maximum absolute atomic E-state index is 10.5. The van der Waals surface area contributed by atoms with Crippen molar-refractivity contribution in [3.05, 3.63) is 58.1 Å². The van der Waals surface area contributed by atoms with Crippen molar-refractivity contribution in [1.29, 1.82) is 0 Å². The average Bonchev–Trinajstić information content (AvgIpc) is 2.88. The number of aliphatic imine (C=N–C) groups is 1. The third-order valence-electron chi connectivity index (χ3n) is 5.31. The highest BCUT2D eigenvalue weighted by molar-refractivity contribution is 6.09. The minimum absolute atomic E-state index is 0.358. The Morgan fingerprint density at radius 1 is 1.00 bits per heavy atom. The number of phenolic OH excluding ortho intramolecular Hbond substituents is 1. The number of fused-ring (bicyclic) bond motifs is 1. The molecule has 2 aromatic rings. The fourth-order valence-corrected chi connectivity index (χ4v) is 4.02. The van der Waals surface area contributed by atoms with Crippen LogP contribution < -0.4 is 0 Å². The first-order chi connectivity index (χ1) is 11.8. The normalized spacial score (nSPS) is 18.4. The van der Waals surface area contributed by atoms with Crippen LogP contribution in [-0.4, -0.2) is 10.8 Å². The molecule has 0 spiro atoms.